The fourth-order valence-corrected chi connectivity index (χ4v) is 5.03. The monoisotopic (exact) mass is 426 g/mol. The number of aromatic nitrogens is 1. The molecule has 3 aromatic rings. The minimum absolute atomic E-state index is 0.0212. The van der Waals surface area contributed by atoms with Crippen LogP contribution in [0, 0.1) is 0 Å². The van der Waals surface area contributed by atoms with E-state index in [9.17, 15) is 9.59 Å². The van der Waals surface area contributed by atoms with Crippen LogP contribution in [0.3, 0.4) is 0 Å². The number of carbonyl (C=O) groups is 2. The van der Waals surface area contributed by atoms with Gasteiger partial charge in [0.05, 0.1) is 22.5 Å². The molecule has 1 aromatic heterocycles. The van der Waals surface area contributed by atoms with Crippen molar-refractivity contribution < 1.29 is 9.59 Å². The lowest BCUT2D eigenvalue weighted by Gasteiger charge is -2.28. The number of anilines is 1. The maximum absolute atomic E-state index is 12.1. The number of hydrogen-bond donors (Lipinski definition) is 2. The fourth-order valence-electron chi connectivity index (χ4n) is 3.15. The van der Waals surface area contributed by atoms with Crippen LogP contribution in [0.4, 0.5) is 5.69 Å². The number of nitrogens with zero attached hydrogens (tertiary/aromatic N) is 2. The average molecular weight is 427 g/mol. The molecule has 0 aliphatic carbocycles. The Balaban J connectivity index is 1.20. The van der Waals surface area contributed by atoms with Gasteiger partial charge in [0.25, 0.3) is 0 Å². The number of carbonyl (C=O) groups excluding carboxylic acids is 2. The minimum Gasteiger partial charge on any atom is -0.360 e. The van der Waals surface area contributed by atoms with Crippen LogP contribution in [0.15, 0.2) is 48.5 Å². The molecule has 4 rings (SSSR count). The molecule has 0 saturated carbocycles. The summed E-state index contributed by atoms with van der Waals surface area (Å²) in [4.78, 5) is 30.3. The quantitative estimate of drug-likeness (QED) is 0.608. The second-order valence-corrected chi connectivity index (χ2v) is 8.88. The number of thioether (sulfide) groups is 1. The molecule has 0 atom stereocenters. The van der Waals surface area contributed by atoms with E-state index in [4.69, 9.17) is 0 Å². The summed E-state index contributed by atoms with van der Waals surface area (Å²) in [5, 5.41) is 6.84. The third-order valence-electron chi connectivity index (χ3n) is 4.63. The van der Waals surface area contributed by atoms with Crippen LogP contribution in [0.1, 0.15) is 10.6 Å². The normalized spacial score (nSPS) is 14.1. The summed E-state index contributed by atoms with van der Waals surface area (Å²) < 4.78 is 1.18. The highest BCUT2D eigenvalue weighted by Gasteiger charge is 2.16. The maximum atomic E-state index is 12.1. The van der Waals surface area contributed by atoms with Crippen LogP contribution in [0.25, 0.3) is 10.2 Å². The van der Waals surface area contributed by atoms with Gasteiger partial charge in [-0.3, -0.25) is 9.59 Å². The highest BCUT2D eigenvalue weighted by Crippen LogP contribution is 2.24. The van der Waals surface area contributed by atoms with Crippen molar-refractivity contribution in [2.75, 3.05) is 30.3 Å². The van der Waals surface area contributed by atoms with E-state index < -0.39 is 0 Å². The Morgan fingerprint density at radius 3 is 2.83 bits per heavy atom. The Hall–Kier alpha value is -2.58. The van der Waals surface area contributed by atoms with Crippen LogP contribution in [0.2, 0.25) is 0 Å². The number of hydrogen-bond acceptors (Lipinski definition) is 6. The molecule has 1 aliphatic heterocycles. The zero-order valence-corrected chi connectivity index (χ0v) is 17.5. The lowest BCUT2D eigenvalue weighted by Crippen LogP contribution is -2.47. The number of para-hydroxylation sites is 1. The van der Waals surface area contributed by atoms with Crippen molar-refractivity contribution in [3.8, 4) is 0 Å². The first-order chi connectivity index (χ1) is 14.2. The van der Waals surface area contributed by atoms with Crippen molar-refractivity contribution in [1.29, 1.82) is 0 Å². The maximum Gasteiger partial charge on any atom is 0.239 e. The van der Waals surface area contributed by atoms with Crippen molar-refractivity contribution in [1.82, 2.24) is 15.6 Å². The van der Waals surface area contributed by atoms with Crippen LogP contribution in [-0.2, 0) is 21.9 Å². The van der Waals surface area contributed by atoms with E-state index in [1.807, 2.05) is 42.5 Å². The van der Waals surface area contributed by atoms with Crippen molar-refractivity contribution in [2.45, 2.75) is 12.3 Å². The summed E-state index contributed by atoms with van der Waals surface area (Å²) >= 11 is 3.26. The minimum atomic E-state index is 0.0212. The lowest BCUT2D eigenvalue weighted by atomic mass is 10.2. The number of benzene rings is 2. The Labute approximate surface area is 177 Å². The third-order valence-corrected chi connectivity index (χ3v) is 6.79. The molecule has 1 fully saturated rings. The van der Waals surface area contributed by atoms with Crippen molar-refractivity contribution in [3.63, 3.8) is 0 Å². The first-order valence-electron chi connectivity index (χ1n) is 9.47. The Kier molecular flexibility index (Phi) is 6.31. The molecule has 0 unspecified atom stereocenters. The Morgan fingerprint density at radius 1 is 1.21 bits per heavy atom. The summed E-state index contributed by atoms with van der Waals surface area (Å²) in [5.41, 5.74) is 3.09. The number of thiazole rings is 1. The standard InChI is InChI=1S/C21H22N4O2S2/c26-19-12-25(10-9-22-19)16-7-5-15(6-8-16)11-23-20(27)13-28-14-21-24-17-3-1-2-4-18(17)29-21/h1-8H,9-14H2,(H,22,26)(H,23,27). The zero-order chi connectivity index (χ0) is 20.1. The highest BCUT2D eigenvalue weighted by atomic mass is 32.2. The number of fused-ring (bicyclic) bond motifs is 1. The smallest absolute Gasteiger partial charge is 0.239 e. The molecule has 1 aliphatic rings. The zero-order valence-electron chi connectivity index (χ0n) is 15.9. The molecule has 8 heteroatoms. The van der Waals surface area contributed by atoms with Gasteiger partial charge < -0.3 is 15.5 Å². The van der Waals surface area contributed by atoms with E-state index in [1.54, 1.807) is 23.1 Å². The molecular formula is C21H22N4O2S2. The second kappa shape index (κ2) is 9.28. The number of amides is 2. The third kappa shape index (κ3) is 5.27. The Bertz CT molecular complexity index is 970. The summed E-state index contributed by atoms with van der Waals surface area (Å²) in [6.45, 7) is 2.38. The van der Waals surface area contributed by atoms with Gasteiger partial charge in [0.2, 0.25) is 11.8 Å². The van der Waals surface area contributed by atoms with Gasteiger partial charge in [-0.25, -0.2) is 4.98 Å². The molecule has 2 N–H and O–H groups in total. The van der Waals surface area contributed by atoms with Gasteiger partial charge >= 0.3 is 0 Å². The molecule has 0 bridgehead atoms. The lowest BCUT2D eigenvalue weighted by molar-refractivity contribution is -0.120. The van der Waals surface area contributed by atoms with Gasteiger partial charge in [-0.15, -0.1) is 23.1 Å². The summed E-state index contributed by atoms with van der Waals surface area (Å²) in [7, 11) is 0. The molecular weight excluding hydrogens is 404 g/mol. The van der Waals surface area contributed by atoms with E-state index in [-0.39, 0.29) is 11.8 Å². The first-order valence-corrected chi connectivity index (χ1v) is 11.4. The van der Waals surface area contributed by atoms with E-state index in [2.05, 4.69) is 26.6 Å². The van der Waals surface area contributed by atoms with Gasteiger partial charge in [-0.05, 0) is 29.8 Å². The highest BCUT2D eigenvalue weighted by molar-refractivity contribution is 7.99. The molecule has 2 heterocycles. The van der Waals surface area contributed by atoms with Crippen LogP contribution < -0.4 is 15.5 Å². The molecule has 1 saturated heterocycles. The van der Waals surface area contributed by atoms with E-state index in [0.29, 0.717) is 25.4 Å². The largest absolute Gasteiger partial charge is 0.360 e. The summed E-state index contributed by atoms with van der Waals surface area (Å²) in [6, 6.07) is 16.1. The summed E-state index contributed by atoms with van der Waals surface area (Å²) in [5.74, 6) is 1.23. The van der Waals surface area contributed by atoms with Gasteiger partial charge in [0.1, 0.15) is 5.01 Å². The number of rotatable bonds is 7. The number of piperazine rings is 1. The van der Waals surface area contributed by atoms with Crippen molar-refractivity contribution in [3.05, 3.63) is 59.1 Å². The molecule has 0 spiro atoms. The van der Waals surface area contributed by atoms with Gasteiger partial charge in [0.15, 0.2) is 0 Å². The predicted octanol–water partition coefficient (Wildman–Crippen LogP) is 2.78. The predicted molar refractivity (Wildman–Crippen MR) is 119 cm³/mol. The van der Waals surface area contributed by atoms with E-state index in [0.717, 1.165) is 34.1 Å². The van der Waals surface area contributed by atoms with Gasteiger partial charge in [-0.1, -0.05) is 24.3 Å². The van der Waals surface area contributed by atoms with E-state index in [1.165, 1.54) is 4.70 Å². The SMILES string of the molecule is O=C(CSCc1nc2ccccc2s1)NCc1ccc(N2CCNC(=O)C2)cc1. The second-order valence-electron chi connectivity index (χ2n) is 6.78. The Morgan fingerprint density at radius 2 is 2.03 bits per heavy atom. The average Bonchev–Trinajstić information content (AvgIpc) is 3.15. The van der Waals surface area contributed by atoms with Crippen molar-refractivity contribution in [2.24, 2.45) is 0 Å². The molecule has 6 nitrogen and oxygen atoms in total. The van der Waals surface area contributed by atoms with E-state index >= 15 is 0 Å². The van der Waals surface area contributed by atoms with Crippen LogP contribution >= 0.6 is 23.1 Å². The number of nitrogens with one attached hydrogen (secondary N) is 2. The molecule has 2 aromatic carbocycles. The van der Waals surface area contributed by atoms with Crippen molar-refractivity contribution >= 4 is 50.8 Å². The summed E-state index contributed by atoms with van der Waals surface area (Å²) in [6.07, 6.45) is 0. The molecule has 2 amide bonds. The van der Waals surface area contributed by atoms with Gasteiger partial charge in [0, 0.05) is 31.1 Å². The molecule has 150 valence electrons. The molecule has 0 radical (unpaired) electrons. The first kappa shape index (κ1) is 19.7. The topological polar surface area (TPSA) is 74.3 Å². The van der Waals surface area contributed by atoms with Crippen LogP contribution in [-0.4, -0.2) is 42.2 Å². The van der Waals surface area contributed by atoms with Crippen LogP contribution in [0.5, 0.6) is 0 Å². The fraction of sp³-hybridized carbons (Fsp3) is 0.286. The molecule has 29 heavy (non-hydrogen) atoms. The van der Waals surface area contributed by atoms with Gasteiger partial charge in [-0.2, -0.15) is 0 Å².